The third-order valence-corrected chi connectivity index (χ3v) is 6.12. The number of hydrogen-bond donors (Lipinski definition) is 2. The van der Waals surface area contributed by atoms with Crippen molar-refractivity contribution in [1.82, 2.24) is 15.1 Å². The van der Waals surface area contributed by atoms with E-state index in [-0.39, 0.29) is 11.9 Å². The molecular formula is C17H23N3O3. The van der Waals surface area contributed by atoms with E-state index in [0.717, 1.165) is 11.8 Å². The highest BCUT2D eigenvalue weighted by atomic mass is 16.4. The van der Waals surface area contributed by atoms with Crippen molar-refractivity contribution >= 4 is 11.9 Å². The summed E-state index contributed by atoms with van der Waals surface area (Å²) in [6.45, 7) is 1.55. The normalized spacial score (nSPS) is 36.0. The number of nitrogens with one attached hydrogen (secondary N) is 1. The number of amides is 1. The Kier molecular flexibility index (Phi) is 3.43. The summed E-state index contributed by atoms with van der Waals surface area (Å²) in [6.07, 6.45) is 7.96. The van der Waals surface area contributed by atoms with Crippen molar-refractivity contribution in [1.29, 1.82) is 0 Å². The van der Waals surface area contributed by atoms with Crippen LogP contribution in [0.5, 0.6) is 0 Å². The average molecular weight is 317 g/mol. The van der Waals surface area contributed by atoms with E-state index in [1.54, 1.807) is 19.2 Å². The predicted molar refractivity (Wildman–Crippen MR) is 82.9 cm³/mol. The number of carbonyl (C=O) groups is 2. The molecule has 6 heteroatoms. The lowest BCUT2D eigenvalue weighted by Crippen LogP contribution is -2.55. The molecule has 0 aromatic carbocycles. The second-order valence-corrected chi connectivity index (χ2v) is 7.63. The fourth-order valence-electron chi connectivity index (χ4n) is 5.17. The molecule has 6 nitrogen and oxygen atoms in total. The van der Waals surface area contributed by atoms with Crippen molar-refractivity contribution in [3.8, 4) is 0 Å². The molecule has 4 saturated carbocycles. The van der Waals surface area contributed by atoms with Crippen LogP contribution in [0.25, 0.3) is 0 Å². The minimum Gasteiger partial charge on any atom is -0.480 e. The molecule has 4 aliphatic rings. The lowest BCUT2D eigenvalue weighted by atomic mass is 9.54. The summed E-state index contributed by atoms with van der Waals surface area (Å²) in [5.41, 5.74) is 0.312. The zero-order chi connectivity index (χ0) is 16.1. The van der Waals surface area contributed by atoms with Crippen LogP contribution in [-0.4, -0.2) is 32.8 Å². The van der Waals surface area contributed by atoms with Gasteiger partial charge in [-0.25, -0.2) is 4.79 Å². The molecule has 1 heterocycles. The van der Waals surface area contributed by atoms with Gasteiger partial charge in [-0.1, -0.05) is 0 Å². The first-order valence-corrected chi connectivity index (χ1v) is 8.60. The van der Waals surface area contributed by atoms with E-state index in [9.17, 15) is 9.59 Å². The maximum Gasteiger partial charge on any atom is 0.328 e. The Bertz CT molecular complexity index is 611. The minimum absolute atomic E-state index is 0.168. The van der Waals surface area contributed by atoms with Gasteiger partial charge in [0.1, 0.15) is 11.7 Å². The Morgan fingerprint density at radius 3 is 2.39 bits per heavy atom. The van der Waals surface area contributed by atoms with Gasteiger partial charge in [-0.15, -0.1) is 0 Å². The van der Waals surface area contributed by atoms with Crippen LogP contribution in [0, 0.1) is 23.7 Å². The highest BCUT2D eigenvalue weighted by molar-refractivity contribution is 5.92. The number of hydrogen-bond acceptors (Lipinski definition) is 3. The van der Waals surface area contributed by atoms with Gasteiger partial charge in [0, 0.05) is 12.2 Å². The van der Waals surface area contributed by atoms with Crippen molar-refractivity contribution in [2.75, 3.05) is 0 Å². The molecule has 1 aromatic rings. The van der Waals surface area contributed by atoms with E-state index in [4.69, 9.17) is 5.11 Å². The molecule has 1 unspecified atom stereocenters. The molecule has 1 amide bonds. The summed E-state index contributed by atoms with van der Waals surface area (Å²) in [5.74, 6) is 1.87. The molecule has 0 saturated heterocycles. The van der Waals surface area contributed by atoms with E-state index < -0.39 is 12.0 Å². The number of aromatic nitrogens is 2. The summed E-state index contributed by atoms with van der Waals surface area (Å²) < 4.78 is 1.33. The minimum atomic E-state index is -0.957. The Balaban J connectivity index is 1.45. The lowest BCUT2D eigenvalue weighted by Gasteiger charge is -2.54. The fraction of sp³-hybridized carbons (Fsp3) is 0.706. The molecule has 4 aliphatic carbocycles. The molecule has 4 bridgehead atoms. The molecule has 124 valence electrons. The van der Waals surface area contributed by atoms with Gasteiger partial charge in [-0.05, 0) is 68.8 Å². The fourth-order valence-corrected chi connectivity index (χ4v) is 5.17. The van der Waals surface area contributed by atoms with Crippen molar-refractivity contribution in [2.45, 2.75) is 51.1 Å². The highest BCUT2D eigenvalue weighted by Gasteiger charge is 2.48. The summed E-state index contributed by atoms with van der Waals surface area (Å²) in [5, 5.41) is 16.4. The third-order valence-electron chi connectivity index (χ3n) is 6.12. The monoisotopic (exact) mass is 317 g/mol. The van der Waals surface area contributed by atoms with Crippen LogP contribution >= 0.6 is 0 Å². The molecule has 4 fully saturated rings. The van der Waals surface area contributed by atoms with Gasteiger partial charge in [-0.2, -0.15) is 5.10 Å². The number of carbonyl (C=O) groups excluding carboxylic acids is 1. The van der Waals surface area contributed by atoms with Crippen LogP contribution in [0.1, 0.15) is 55.6 Å². The van der Waals surface area contributed by atoms with E-state index in [1.807, 2.05) is 0 Å². The number of carboxylic acid groups (broad SMARTS) is 1. The first kappa shape index (κ1) is 14.7. The smallest absolute Gasteiger partial charge is 0.328 e. The maximum absolute atomic E-state index is 12.5. The second-order valence-electron chi connectivity index (χ2n) is 7.63. The summed E-state index contributed by atoms with van der Waals surface area (Å²) in [7, 11) is 0. The van der Waals surface area contributed by atoms with Crippen molar-refractivity contribution in [2.24, 2.45) is 23.7 Å². The van der Waals surface area contributed by atoms with Crippen LogP contribution in [0.4, 0.5) is 0 Å². The predicted octanol–water partition coefficient (Wildman–Crippen LogP) is 2.08. The first-order chi connectivity index (χ1) is 11.0. The highest BCUT2D eigenvalue weighted by Crippen LogP contribution is 2.53. The Hall–Kier alpha value is -1.85. The Labute approximate surface area is 135 Å². The molecule has 23 heavy (non-hydrogen) atoms. The van der Waals surface area contributed by atoms with Gasteiger partial charge in [0.2, 0.25) is 0 Å². The van der Waals surface area contributed by atoms with Crippen LogP contribution in [-0.2, 0) is 4.79 Å². The summed E-state index contributed by atoms with van der Waals surface area (Å²) in [4.78, 5) is 23.5. The standard InChI is InChI=1S/C17H23N3O3/c1-9(17(22)23)20-3-2-14(19-20)16(21)18-15-12-5-10-4-11(7-12)8-13(15)6-10/h2-3,9-13,15H,4-8H2,1H3,(H,18,21)(H,22,23). The zero-order valence-electron chi connectivity index (χ0n) is 13.3. The number of nitrogens with zero attached hydrogens (tertiary/aromatic N) is 2. The van der Waals surface area contributed by atoms with Gasteiger partial charge < -0.3 is 10.4 Å². The average Bonchev–Trinajstić information content (AvgIpc) is 2.99. The Morgan fingerprint density at radius 2 is 1.83 bits per heavy atom. The largest absolute Gasteiger partial charge is 0.480 e. The van der Waals surface area contributed by atoms with Gasteiger partial charge in [-0.3, -0.25) is 9.48 Å². The van der Waals surface area contributed by atoms with Gasteiger partial charge in [0.15, 0.2) is 0 Å². The first-order valence-electron chi connectivity index (χ1n) is 8.60. The maximum atomic E-state index is 12.5. The number of rotatable bonds is 4. The number of carboxylic acids is 1. The Morgan fingerprint density at radius 1 is 1.22 bits per heavy atom. The lowest BCUT2D eigenvalue weighted by molar-refractivity contribution is -0.140. The van der Waals surface area contributed by atoms with E-state index >= 15 is 0 Å². The van der Waals surface area contributed by atoms with E-state index in [2.05, 4.69) is 10.4 Å². The molecule has 1 aromatic heterocycles. The second kappa shape index (κ2) is 5.35. The zero-order valence-corrected chi connectivity index (χ0v) is 13.3. The summed E-state index contributed by atoms with van der Waals surface area (Å²) in [6, 6.07) is 1.11. The molecule has 0 spiro atoms. The SMILES string of the molecule is CC(C(=O)O)n1ccc(C(=O)NC2C3CC4CC(C3)CC2C4)n1. The van der Waals surface area contributed by atoms with Crippen LogP contribution < -0.4 is 5.32 Å². The summed E-state index contributed by atoms with van der Waals surface area (Å²) >= 11 is 0. The number of aliphatic carboxylic acids is 1. The molecule has 0 aliphatic heterocycles. The van der Waals surface area contributed by atoms with Crippen LogP contribution in [0.15, 0.2) is 12.3 Å². The van der Waals surface area contributed by atoms with Crippen LogP contribution in [0.2, 0.25) is 0 Å². The molecule has 0 radical (unpaired) electrons. The third kappa shape index (κ3) is 2.54. The molecule has 1 atom stereocenters. The quantitative estimate of drug-likeness (QED) is 0.890. The van der Waals surface area contributed by atoms with Gasteiger partial charge >= 0.3 is 5.97 Å². The van der Waals surface area contributed by atoms with Crippen molar-refractivity contribution in [3.05, 3.63) is 18.0 Å². The van der Waals surface area contributed by atoms with Gasteiger partial charge in [0.25, 0.3) is 5.91 Å². The molecule has 5 rings (SSSR count). The van der Waals surface area contributed by atoms with Crippen molar-refractivity contribution in [3.63, 3.8) is 0 Å². The topological polar surface area (TPSA) is 84.2 Å². The molecule has 2 N–H and O–H groups in total. The van der Waals surface area contributed by atoms with Crippen molar-refractivity contribution < 1.29 is 14.7 Å². The van der Waals surface area contributed by atoms with Gasteiger partial charge in [0.05, 0.1) is 0 Å². The van der Waals surface area contributed by atoms with E-state index in [0.29, 0.717) is 17.5 Å². The molecular weight excluding hydrogens is 294 g/mol. The van der Waals surface area contributed by atoms with Crippen LogP contribution in [0.3, 0.4) is 0 Å². The van der Waals surface area contributed by atoms with E-state index in [1.165, 1.54) is 36.8 Å².